The molecule has 2 aliphatic rings. The molecule has 5 rings (SSSR count). The van der Waals surface area contributed by atoms with Crippen LogP contribution < -0.4 is 9.77 Å². The Balaban J connectivity index is 1.57. The molecule has 150 valence electrons. The van der Waals surface area contributed by atoms with E-state index in [9.17, 15) is 14.4 Å². The van der Waals surface area contributed by atoms with Crippen molar-refractivity contribution in [2.45, 2.75) is 23.1 Å². The second-order valence-electron chi connectivity index (χ2n) is 7.42. The molecule has 1 N–H and O–H groups in total. The van der Waals surface area contributed by atoms with Crippen LogP contribution in [-0.4, -0.2) is 22.0 Å². The molecule has 3 heterocycles. The number of hydrogen-bond acceptors (Lipinski definition) is 5. The Hall–Kier alpha value is -2.90. The van der Waals surface area contributed by atoms with Gasteiger partial charge in [-0.3, -0.25) is 14.4 Å². The molecular weight excluding hydrogens is 416 g/mol. The van der Waals surface area contributed by atoms with Gasteiger partial charge < -0.3 is 4.98 Å². The summed E-state index contributed by atoms with van der Waals surface area (Å²) in [6.45, 7) is 1.96. The maximum absolute atomic E-state index is 13.4. The number of amides is 2. The number of carbonyl (C=O) groups is 2. The quantitative estimate of drug-likeness (QED) is 0.627. The fourth-order valence-corrected chi connectivity index (χ4v) is 6.48. The average molecular weight is 435 g/mol. The largest absolute Gasteiger partial charge is 0.307 e. The number of anilines is 1. The summed E-state index contributed by atoms with van der Waals surface area (Å²) in [4.78, 5) is 43.5. The minimum Gasteiger partial charge on any atom is -0.307 e. The van der Waals surface area contributed by atoms with Gasteiger partial charge in [0.05, 0.1) is 16.6 Å². The Morgan fingerprint density at radius 2 is 1.70 bits per heavy atom. The topological polar surface area (TPSA) is 70.2 Å². The summed E-state index contributed by atoms with van der Waals surface area (Å²) in [7, 11) is 0. The van der Waals surface area contributed by atoms with Crippen LogP contribution in [0.2, 0.25) is 0 Å². The van der Waals surface area contributed by atoms with Gasteiger partial charge in [-0.05, 0) is 24.6 Å². The van der Waals surface area contributed by atoms with Gasteiger partial charge in [0.15, 0.2) is 0 Å². The maximum Gasteiger partial charge on any atom is 0.305 e. The standard InChI is InChI=1S/C23H18N2O3S2/c1-13-7-10-15(11-8-13)25-21(26)17-16(12-9-14-5-3-2-4-6-14)18-20(24-23(28)30-18)29-19(17)22(25)27/h2-12,16-17,19H,1H3,(H,24,28)/b12-9+/t16-,17-,19-/m1/s1. The number of rotatable bonds is 3. The number of thioether (sulfide) groups is 1. The van der Waals surface area contributed by atoms with E-state index in [0.29, 0.717) is 10.7 Å². The lowest BCUT2D eigenvalue weighted by Gasteiger charge is -2.27. The number of benzene rings is 2. The van der Waals surface area contributed by atoms with E-state index in [2.05, 4.69) is 4.98 Å². The van der Waals surface area contributed by atoms with Crippen LogP contribution in [0.15, 0.2) is 70.5 Å². The van der Waals surface area contributed by atoms with Crippen molar-refractivity contribution in [3.8, 4) is 0 Å². The highest BCUT2D eigenvalue weighted by Crippen LogP contribution is 2.51. The first kappa shape index (κ1) is 19.1. The van der Waals surface area contributed by atoms with Crippen LogP contribution in [0, 0.1) is 12.8 Å². The molecule has 5 nitrogen and oxygen atoms in total. The summed E-state index contributed by atoms with van der Waals surface area (Å²) in [5, 5.41) is 0.142. The number of thiazole rings is 1. The maximum atomic E-state index is 13.4. The number of aromatic amines is 1. The lowest BCUT2D eigenvalue weighted by Crippen LogP contribution is -2.31. The smallest absolute Gasteiger partial charge is 0.305 e. The van der Waals surface area contributed by atoms with E-state index in [1.165, 1.54) is 16.7 Å². The van der Waals surface area contributed by atoms with Gasteiger partial charge in [-0.25, -0.2) is 4.90 Å². The minimum absolute atomic E-state index is 0.166. The van der Waals surface area contributed by atoms with Crippen molar-refractivity contribution in [2.24, 2.45) is 5.92 Å². The molecule has 0 spiro atoms. The molecule has 1 saturated heterocycles. The molecule has 7 heteroatoms. The highest BCUT2D eigenvalue weighted by atomic mass is 32.2. The van der Waals surface area contributed by atoms with Gasteiger partial charge >= 0.3 is 4.87 Å². The zero-order valence-corrected chi connectivity index (χ0v) is 17.7. The molecule has 3 aromatic rings. The summed E-state index contributed by atoms with van der Waals surface area (Å²) in [6, 6.07) is 17.2. The number of H-pyrrole nitrogens is 1. The van der Waals surface area contributed by atoms with Crippen molar-refractivity contribution < 1.29 is 9.59 Å². The van der Waals surface area contributed by atoms with Crippen LogP contribution in [0.25, 0.3) is 6.08 Å². The van der Waals surface area contributed by atoms with Crippen LogP contribution in [0.1, 0.15) is 21.9 Å². The predicted molar refractivity (Wildman–Crippen MR) is 120 cm³/mol. The van der Waals surface area contributed by atoms with Crippen LogP contribution in [0.3, 0.4) is 0 Å². The number of nitrogens with zero attached hydrogens (tertiary/aromatic N) is 1. The van der Waals surface area contributed by atoms with E-state index in [0.717, 1.165) is 27.3 Å². The number of hydrogen-bond donors (Lipinski definition) is 1. The number of allylic oxidation sites excluding steroid dienone is 1. The molecule has 1 aromatic heterocycles. The fraction of sp³-hybridized carbons (Fsp3) is 0.174. The Morgan fingerprint density at radius 1 is 0.967 bits per heavy atom. The number of fused-ring (bicyclic) bond motifs is 2. The van der Waals surface area contributed by atoms with E-state index in [1.807, 2.05) is 61.5 Å². The van der Waals surface area contributed by atoms with Gasteiger partial charge in [-0.15, -0.1) is 0 Å². The van der Waals surface area contributed by atoms with Crippen molar-refractivity contribution >= 4 is 46.7 Å². The first-order valence-electron chi connectivity index (χ1n) is 9.60. The number of imide groups is 1. The normalized spacial score (nSPS) is 23.1. The second kappa shape index (κ2) is 7.41. The minimum atomic E-state index is -0.554. The first-order chi connectivity index (χ1) is 14.5. The Bertz CT molecular complexity index is 1210. The van der Waals surface area contributed by atoms with Gasteiger partial charge in [0, 0.05) is 10.8 Å². The number of nitrogens with one attached hydrogen (secondary N) is 1. The van der Waals surface area contributed by atoms with Crippen molar-refractivity contribution in [1.82, 2.24) is 4.98 Å². The first-order valence-corrected chi connectivity index (χ1v) is 11.3. The van der Waals surface area contributed by atoms with Gasteiger partial charge in [-0.1, -0.05) is 83.3 Å². The SMILES string of the molecule is Cc1ccc(N2C(=O)[C@H]3[C@@H](Sc4[nH]c(=O)sc4[C@@H]3/C=C/c3ccccc3)C2=O)cc1. The third-order valence-corrected chi connectivity index (χ3v) is 7.88. The Kier molecular flexibility index (Phi) is 4.72. The summed E-state index contributed by atoms with van der Waals surface area (Å²) >= 11 is 2.42. The molecule has 0 bridgehead atoms. The third-order valence-electron chi connectivity index (χ3n) is 5.46. The van der Waals surface area contributed by atoms with Crippen molar-refractivity contribution in [3.63, 3.8) is 0 Å². The fourth-order valence-electron chi connectivity index (χ4n) is 3.99. The highest BCUT2D eigenvalue weighted by Gasteiger charge is 2.55. The predicted octanol–water partition coefficient (Wildman–Crippen LogP) is 4.21. The van der Waals surface area contributed by atoms with Crippen molar-refractivity contribution in [1.29, 1.82) is 0 Å². The van der Waals surface area contributed by atoms with Crippen LogP contribution >= 0.6 is 23.1 Å². The summed E-state index contributed by atoms with van der Waals surface area (Å²) in [6.07, 6.45) is 3.91. The summed E-state index contributed by atoms with van der Waals surface area (Å²) in [5.74, 6) is -1.31. The molecular formula is C23H18N2O3S2. The Morgan fingerprint density at radius 3 is 2.43 bits per heavy atom. The van der Waals surface area contributed by atoms with Gasteiger partial charge in [0.2, 0.25) is 11.8 Å². The zero-order valence-electron chi connectivity index (χ0n) is 16.1. The molecule has 3 atom stereocenters. The lowest BCUT2D eigenvalue weighted by atomic mass is 9.88. The molecule has 0 unspecified atom stereocenters. The average Bonchev–Trinajstić information content (AvgIpc) is 3.24. The number of carbonyl (C=O) groups excluding carboxylic acids is 2. The van der Waals surface area contributed by atoms with Crippen LogP contribution in [0.4, 0.5) is 5.69 Å². The summed E-state index contributed by atoms with van der Waals surface area (Å²) in [5.41, 5.74) is 2.66. The van der Waals surface area contributed by atoms with Crippen LogP contribution in [0.5, 0.6) is 0 Å². The van der Waals surface area contributed by atoms with E-state index in [4.69, 9.17) is 0 Å². The van der Waals surface area contributed by atoms with Gasteiger partial charge in [0.25, 0.3) is 0 Å². The highest BCUT2D eigenvalue weighted by molar-refractivity contribution is 8.00. The molecule has 0 saturated carbocycles. The summed E-state index contributed by atoms with van der Waals surface area (Å²) < 4.78 is 0. The van der Waals surface area contributed by atoms with E-state index < -0.39 is 11.2 Å². The van der Waals surface area contributed by atoms with E-state index >= 15 is 0 Å². The second-order valence-corrected chi connectivity index (χ2v) is 9.58. The lowest BCUT2D eigenvalue weighted by molar-refractivity contribution is -0.122. The van der Waals surface area contributed by atoms with Crippen LogP contribution in [-0.2, 0) is 9.59 Å². The van der Waals surface area contributed by atoms with E-state index in [1.54, 1.807) is 12.1 Å². The monoisotopic (exact) mass is 434 g/mol. The molecule has 0 radical (unpaired) electrons. The third kappa shape index (κ3) is 3.14. The zero-order chi connectivity index (χ0) is 20.8. The molecule has 2 aliphatic heterocycles. The van der Waals surface area contributed by atoms with E-state index in [-0.39, 0.29) is 22.6 Å². The molecule has 2 aromatic carbocycles. The Labute approximate surface area is 181 Å². The molecule has 0 aliphatic carbocycles. The number of aromatic nitrogens is 1. The van der Waals surface area contributed by atoms with Gasteiger partial charge in [-0.2, -0.15) is 0 Å². The van der Waals surface area contributed by atoms with Gasteiger partial charge in [0.1, 0.15) is 5.25 Å². The molecule has 2 amide bonds. The number of aryl methyl sites for hydroxylation is 1. The van der Waals surface area contributed by atoms with Crippen molar-refractivity contribution in [2.75, 3.05) is 4.90 Å². The molecule has 30 heavy (non-hydrogen) atoms. The van der Waals surface area contributed by atoms with Crippen molar-refractivity contribution in [3.05, 3.63) is 86.3 Å². The molecule has 1 fully saturated rings.